The van der Waals surface area contributed by atoms with Gasteiger partial charge in [0.15, 0.2) is 5.58 Å². The molecule has 11 aromatic rings. The fourth-order valence-corrected chi connectivity index (χ4v) is 8.27. The maximum absolute atomic E-state index is 8.94. The lowest BCUT2D eigenvalue weighted by Gasteiger charge is -2.28. The van der Waals surface area contributed by atoms with E-state index in [0.29, 0.717) is 5.69 Å². The maximum atomic E-state index is 8.94. The summed E-state index contributed by atoms with van der Waals surface area (Å²) >= 11 is 0. The van der Waals surface area contributed by atoms with E-state index < -0.39 is 24.2 Å². The smallest absolute Gasteiger partial charge is 0.159 e. The van der Waals surface area contributed by atoms with Crippen molar-refractivity contribution in [2.24, 2.45) is 0 Å². The van der Waals surface area contributed by atoms with Crippen molar-refractivity contribution in [2.45, 2.75) is 0 Å². The number of fused-ring (bicyclic) bond motifs is 12. The molecule has 246 valence electrons. The van der Waals surface area contributed by atoms with Crippen LogP contribution in [0.4, 0.5) is 17.1 Å². The van der Waals surface area contributed by atoms with E-state index in [1.807, 2.05) is 54.6 Å². The molecule has 0 spiro atoms. The highest BCUT2D eigenvalue weighted by molar-refractivity contribution is 6.14. The second-order valence-electron chi connectivity index (χ2n) is 13.6. The first kappa shape index (κ1) is 22.0. The second-order valence-corrected chi connectivity index (χ2v) is 13.6. The molecule has 0 saturated heterocycles. The Labute approximate surface area is 316 Å². The van der Waals surface area contributed by atoms with Crippen LogP contribution in [0.3, 0.4) is 0 Å². The third-order valence-electron chi connectivity index (χ3n) is 10.7. The molecule has 2 aromatic heterocycles. The summed E-state index contributed by atoms with van der Waals surface area (Å²) in [7, 11) is 0. The van der Waals surface area contributed by atoms with Gasteiger partial charge in [0.25, 0.3) is 0 Å². The zero-order valence-electron chi connectivity index (χ0n) is 36.0. The zero-order chi connectivity index (χ0) is 41.6. The standard InChI is InChI=1S/C50H30N2O/c1-2-11-35(12-3-1)51(48-19-10-16-41-40-15-6-9-20-49(40)53-50(41)48)36-23-21-31-27-42-43-28-32-22-24-37(26-34(32)30-45(43)44(42)29-33(31)25-36)52-46-17-7-4-13-38(46)39-14-5-8-18-47(39)52/h1-30H/i4D,5D,7D,8D,13D,14D,17D,18D. The van der Waals surface area contributed by atoms with Gasteiger partial charge in [-0.25, -0.2) is 0 Å². The van der Waals surface area contributed by atoms with Crippen molar-refractivity contribution in [3.05, 3.63) is 182 Å². The Morgan fingerprint density at radius 2 is 1.06 bits per heavy atom. The molecule has 0 saturated carbocycles. The van der Waals surface area contributed by atoms with Gasteiger partial charge in [-0.05, 0) is 129 Å². The number of anilines is 3. The van der Waals surface area contributed by atoms with Crippen LogP contribution in [0.25, 0.3) is 93.2 Å². The van der Waals surface area contributed by atoms with Crippen molar-refractivity contribution < 1.29 is 15.4 Å². The summed E-state index contributed by atoms with van der Waals surface area (Å²) in [6, 6.07) is 42.5. The second kappa shape index (κ2) is 10.7. The topological polar surface area (TPSA) is 21.3 Å². The molecular weight excluding hydrogens is 645 g/mol. The number of rotatable bonds is 4. The summed E-state index contributed by atoms with van der Waals surface area (Å²) < 4.78 is 77.4. The third-order valence-corrected chi connectivity index (χ3v) is 10.7. The van der Waals surface area contributed by atoms with E-state index in [1.54, 1.807) is 4.57 Å². The van der Waals surface area contributed by atoms with E-state index in [-0.39, 0.29) is 46.0 Å². The fraction of sp³-hybridized carbons (Fsp3) is 0. The predicted octanol–water partition coefficient (Wildman–Crippen LogP) is 14.1. The SMILES string of the molecule is [2H]c1c([2H])c([2H])c2c(c1[2H])c1c([2H])c([2H])c([2H])c([2H])c1n2-c1ccc2cc3c(cc2c1)-c1cc2cc(N(c4ccccc4)c4cccc5c4oc4ccccc45)ccc2cc1-3. The summed E-state index contributed by atoms with van der Waals surface area (Å²) in [5.74, 6) is 0. The van der Waals surface area contributed by atoms with Crippen LogP contribution in [0.5, 0.6) is 0 Å². The van der Waals surface area contributed by atoms with Crippen LogP contribution < -0.4 is 4.90 Å². The van der Waals surface area contributed by atoms with Gasteiger partial charge in [0.1, 0.15) is 5.58 Å². The summed E-state index contributed by atoms with van der Waals surface area (Å²) in [6.45, 7) is 0. The Morgan fingerprint density at radius 1 is 0.453 bits per heavy atom. The summed E-state index contributed by atoms with van der Waals surface area (Å²) in [4.78, 5) is 2.24. The molecule has 1 aliphatic rings. The molecular formula is C50H30N2O. The highest BCUT2D eigenvalue weighted by Gasteiger charge is 2.25. The molecule has 3 heteroatoms. The Morgan fingerprint density at radius 3 is 1.79 bits per heavy atom. The van der Waals surface area contributed by atoms with E-state index >= 15 is 0 Å². The van der Waals surface area contributed by atoms with E-state index in [4.69, 9.17) is 15.4 Å². The first-order chi connectivity index (χ1) is 29.6. The Kier molecular flexibility index (Phi) is 4.44. The summed E-state index contributed by atoms with van der Waals surface area (Å²) in [5.41, 5.74) is 9.76. The molecule has 0 N–H and O–H groups in total. The molecule has 3 nitrogen and oxygen atoms in total. The summed E-state index contributed by atoms with van der Waals surface area (Å²) in [5, 5.41) is 6.26. The van der Waals surface area contributed by atoms with Gasteiger partial charge < -0.3 is 13.9 Å². The number of aromatic nitrogens is 1. The number of hydrogen-bond acceptors (Lipinski definition) is 2. The number of hydrogen-bond donors (Lipinski definition) is 0. The molecule has 1 aliphatic carbocycles. The van der Waals surface area contributed by atoms with E-state index in [9.17, 15) is 0 Å². The molecule has 9 aromatic carbocycles. The van der Waals surface area contributed by atoms with Crippen LogP contribution in [0, 0.1) is 0 Å². The van der Waals surface area contributed by atoms with Gasteiger partial charge >= 0.3 is 0 Å². The van der Waals surface area contributed by atoms with E-state index in [1.165, 1.54) is 0 Å². The summed E-state index contributed by atoms with van der Waals surface area (Å²) in [6.07, 6.45) is 0. The molecule has 0 radical (unpaired) electrons. The molecule has 0 fully saturated rings. The van der Waals surface area contributed by atoms with Crippen molar-refractivity contribution in [1.29, 1.82) is 0 Å². The Balaban J connectivity index is 1.01. The molecule has 0 amide bonds. The minimum absolute atomic E-state index is 0.0607. The molecule has 0 aliphatic heterocycles. The first-order valence-electron chi connectivity index (χ1n) is 21.5. The Bertz CT molecular complexity index is 3680. The highest BCUT2D eigenvalue weighted by Crippen LogP contribution is 2.51. The number of para-hydroxylation sites is 5. The van der Waals surface area contributed by atoms with Crippen LogP contribution in [-0.2, 0) is 0 Å². The predicted molar refractivity (Wildman–Crippen MR) is 222 cm³/mol. The lowest BCUT2D eigenvalue weighted by Crippen LogP contribution is -2.10. The van der Waals surface area contributed by atoms with Crippen LogP contribution >= 0.6 is 0 Å². The number of benzene rings is 9. The lowest BCUT2D eigenvalue weighted by atomic mass is 9.78. The monoisotopic (exact) mass is 682 g/mol. The lowest BCUT2D eigenvalue weighted by molar-refractivity contribution is 0.669. The largest absolute Gasteiger partial charge is 0.454 e. The average Bonchev–Trinajstić information content (AvgIpc) is 3.86. The average molecular weight is 683 g/mol. The van der Waals surface area contributed by atoms with Gasteiger partial charge in [0.2, 0.25) is 0 Å². The van der Waals surface area contributed by atoms with Gasteiger partial charge in [-0.1, -0.05) is 96.9 Å². The van der Waals surface area contributed by atoms with Crippen LogP contribution in [0.2, 0.25) is 0 Å². The first-order valence-corrected chi connectivity index (χ1v) is 17.5. The van der Waals surface area contributed by atoms with Gasteiger partial charge in [-0.2, -0.15) is 0 Å². The highest BCUT2D eigenvalue weighted by atomic mass is 16.3. The van der Waals surface area contributed by atoms with E-state index in [0.717, 1.165) is 82.8 Å². The van der Waals surface area contributed by atoms with E-state index in [2.05, 4.69) is 83.8 Å². The van der Waals surface area contributed by atoms with Gasteiger partial charge in [-0.15, -0.1) is 0 Å². The molecule has 0 unspecified atom stereocenters. The fourth-order valence-electron chi connectivity index (χ4n) is 8.27. The minimum Gasteiger partial charge on any atom is -0.454 e. The molecule has 2 heterocycles. The van der Waals surface area contributed by atoms with Crippen molar-refractivity contribution >= 4 is 82.4 Å². The minimum atomic E-state index is -0.462. The zero-order valence-corrected chi connectivity index (χ0v) is 28.0. The van der Waals surface area contributed by atoms with Crippen LogP contribution in [0.15, 0.2) is 186 Å². The van der Waals surface area contributed by atoms with Crippen LogP contribution in [0.1, 0.15) is 11.0 Å². The maximum Gasteiger partial charge on any atom is 0.159 e. The molecule has 0 bridgehead atoms. The van der Waals surface area contributed by atoms with Crippen molar-refractivity contribution in [3.63, 3.8) is 0 Å². The molecule has 12 rings (SSSR count). The number of nitrogens with zero attached hydrogens (tertiary/aromatic N) is 2. The quantitative estimate of drug-likeness (QED) is 0.184. The third kappa shape index (κ3) is 4.10. The van der Waals surface area contributed by atoms with Crippen molar-refractivity contribution in [3.8, 4) is 27.9 Å². The number of furan rings is 1. The normalized spacial score (nSPS) is 14.3. The molecule has 0 atom stereocenters. The van der Waals surface area contributed by atoms with Gasteiger partial charge in [0.05, 0.1) is 27.7 Å². The van der Waals surface area contributed by atoms with Crippen molar-refractivity contribution in [1.82, 2.24) is 4.57 Å². The van der Waals surface area contributed by atoms with Crippen LogP contribution in [-0.4, -0.2) is 4.57 Å². The Hall–Kier alpha value is -7.10. The van der Waals surface area contributed by atoms with Crippen molar-refractivity contribution in [2.75, 3.05) is 4.90 Å². The van der Waals surface area contributed by atoms with Gasteiger partial charge in [0, 0.05) is 38.6 Å². The molecule has 53 heavy (non-hydrogen) atoms. The van der Waals surface area contributed by atoms with Gasteiger partial charge in [-0.3, -0.25) is 0 Å².